The molecule has 0 spiro atoms. The Morgan fingerprint density at radius 1 is 1.39 bits per heavy atom. The number of aryl methyl sites for hydroxylation is 1. The number of nitrogens with one attached hydrogen (secondary N) is 1. The standard InChI is InChI=1S/C14H25N3O/c1-10-6-5-9-15-12(10)13-16-11(17-18-13)7-8-14(2,3)4/h10,12,15H,5-9H2,1-4H3. The SMILES string of the molecule is CC1CCCNC1c1nc(CCC(C)(C)C)no1. The molecule has 1 saturated heterocycles. The molecule has 2 unspecified atom stereocenters. The fraction of sp³-hybridized carbons (Fsp3) is 0.857. The summed E-state index contributed by atoms with van der Waals surface area (Å²) in [5.41, 5.74) is 0.317. The first-order valence-corrected chi connectivity index (χ1v) is 7.01. The molecule has 1 N–H and O–H groups in total. The third-order valence-electron chi connectivity index (χ3n) is 3.62. The third-order valence-corrected chi connectivity index (χ3v) is 3.62. The molecule has 18 heavy (non-hydrogen) atoms. The number of hydrogen-bond donors (Lipinski definition) is 1. The molecule has 1 aliphatic heterocycles. The van der Waals surface area contributed by atoms with Gasteiger partial charge in [-0.25, -0.2) is 0 Å². The summed E-state index contributed by atoms with van der Waals surface area (Å²) in [6.45, 7) is 10.0. The van der Waals surface area contributed by atoms with E-state index < -0.39 is 0 Å². The van der Waals surface area contributed by atoms with E-state index in [9.17, 15) is 0 Å². The summed E-state index contributed by atoms with van der Waals surface area (Å²) in [5.74, 6) is 2.19. The molecule has 2 rings (SSSR count). The van der Waals surface area contributed by atoms with E-state index in [1.54, 1.807) is 0 Å². The van der Waals surface area contributed by atoms with Gasteiger partial charge in [0.1, 0.15) is 0 Å². The van der Waals surface area contributed by atoms with Crippen LogP contribution in [-0.4, -0.2) is 16.7 Å². The summed E-state index contributed by atoms with van der Waals surface area (Å²) in [6.07, 6.45) is 4.45. The first-order chi connectivity index (χ1) is 8.46. The van der Waals surface area contributed by atoms with Crippen molar-refractivity contribution in [3.63, 3.8) is 0 Å². The van der Waals surface area contributed by atoms with E-state index >= 15 is 0 Å². The summed E-state index contributed by atoms with van der Waals surface area (Å²) >= 11 is 0. The molecule has 2 atom stereocenters. The van der Waals surface area contributed by atoms with E-state index in [1.165, 1.54) is 12.8 Å². The Labute approximate surface area is 110 Å². The maximum absolute atomic E-state index is 5.42. The van der Waals surface area contributed by atoms with Gasteiger partial charge < -0.3 is 9.84 Å². The summed E-state index contributed by atoms with van der Waals surface area (Å²) in [7, 11) is 0. The summed E-state index contributed by atoms with van der Waals surface area (Å²) in [5, 5.41) is 7.58. The van der Waals surface area contributed by atoms with Gasteiger partial charge in [0, 0.05) is 6.42 Å². The maximum atomic E-state index is 5.42. The van der Waals surface area contributed by atoms with Crippen molar-refractivity contribution < 1.29 is 4.52 Å². The molecule has 0 radical (unpaired) electrons. The highest BCUT2D eigenvalue weighted by molar-refractivity contribution is 4.97. The van der Waals surface area contributed by atoms with Crippen molar-refractivity contribution in [3.05, 3.63) is 11.7 Å². The Bertz CT molecular complexity index is 381. The minimum Gasteiger partial charge on any atom is -0.338 e. The second-order valence-electron chi connectivity index (χ2n) is 6.66. The van der Waals surface area contributed by atoms with Crippen LogP contribution in [0.2, 0.25) is 0 Å². The molecule has 0 bridgehead atoms. The van der Waals surface area contributed by atoms with Crippen LogP contribution in [0.3, 0.4) is 0 Å². The molecule has 0 amide bonds. The lowest BCUT2D eigenvalue weighted by atomic mass is 9.90. The van der Waals surface area contributed by atoms with E-state index in [4.69, 9.17) is 4.52 Å². The normalized spacial score (nSPS) is 25.3. The Morgan fingerprint density at radius 3 is 2.83 bits per heavy atom. The van der Waals surface area contributed by atoms with Gasteiger partial charge in [-0.2, -0.15) is 4.98 Å². The highest BCUT2D eigenvalue weighted by atomic mass is 16.5. The van der Waals surface area contributed by atoms with E-state index in [2.05, 4.69) is 43.2 Å². The molecule has 0 aromatic carbocycles. The number of hydrogen-bond acceptors (Lipinski definition) is 4. The zero-order valence-electron chi connectivity index (χ0n) is 12.0. The molecular weight excluding hydrogens is 226 g/mol. The summed E-state index contributed by atoms with van der Waals surface area (Å²) in [6, 6.07) is 0.245. The smallest absolute Gasteiger partial charge is 0.244 e. The molecule has 1 aromatic heterocycles. The Kier molecular flexibility index (Phi) is 4.05. The molecule has 0 saturated carbocycles. The number of nitrogens with zero attached hydrogens (tertiary/aromatic N) is 2. The lowest BCUT2D eigenvalue weighted by Crippen LogP contribution is -2.33. The van der Waals surface area contributed by atoms with Crippen LogP contribution in [0.15, 0.2) is 4.52 Å². The number of aromatic nitrogens is 2. The molecule has 0 aliphatic carbocycles. The predicted molar refractivity (Wildman–Crippen MR) is 71.2 cm³/mol. The lowest BCUT2D eigenvalue weighted by Gasteiger charge is -2.26. The predicted octanol–water partition coefficient (Wildman–Crippen LogP) is 3.11. The second kappa shape index (κ2) is 5.39. The van der Waals surface area contributed by atoms with Crippen LogP contribution in [-0.2, 0) is 6.42 Å². The monoisotopic (exact) mass is 251 g/mol. The Balaban J connectivity index is 1.97. The maximum Gasteiger partial charge on any atom is 0.244 e. The number of piperidine rings is 1. The molecule has 4 nitrogen and oxygen atoms in total. The number of rotatable bonds is 3. The van der Waals surface area contributed by atoms with Gasteiger partial charge in [-0.3, -0.25) is 0 Å². The summed E-state index contributed by atoms with van der Waals surface area (Å²) in [4.78, 5) is 4.55. The molecule has 102 valence electrons. The van der Waals surface area contributed by atoms with E-state index in [1.807, 2.05) is 0 Å². The molecule has 4 heteroatoms. The van der Waals surface area contributed by atoms with Gasteiger partial charge >= 0.3 is 0 Å². The first kappa shape index (κ1) is 13.5. The zero-order chi connectivity index (χ0) is 13.2. The molecule has 1 fully saturated rings. The quantitative estimate of drug-likeness (QED) is 0.896. The Hall–Kier alpha value is -0.900. The van der Waals surface area contributed by atoms with Gasteiger partial charge in [-0.15, -0.1) is 0 Å². The van der Waals surface area contributed by atoms with E-state index in [0.717, 1.165) is 31.1 Å². The average molecular weight is 251 g/mol. The van der Waals surface area contributed by atoms with Crippen molar-refractivity contribution >= 4 is 0 Å². The van der Waals surface area contributed by atoms with Crippen LogP contribution in [0.4, 0.5) is 0 Å². The van der Waals surface area contributed by atoms with Crippen LogP contribution in [0, 0.1) is 11.3 Å². The van der Waals surface area contributed by atoms with Gasteiger partial charge in [-0.05, 0) is 37.1 Å². The fourth-order valence-corrected chi connectivity index (χ4v) is 2.36. The molecule has 1 aliphatic rings. The van der Waals surface area contributed by atoms with Crippen LogP contribution in [0.25, 0.3) is 0 Å². The molecule has 1 aromatic rings. The van der Waals surface area contributed by atoms with Crippen LogP contribution >= 0.6 is 0 Å². The molecule has 2 heterocycles. The highest BCUT2D eigenvalue weighted by Crippen LogP contribution is 2.28. The first-order valence-electron chi connectivity index (χ1n) is 7.01. The third kappa shape index (κ3) is 3.55. The second-order valence-corrected chi connectivity index (χ2v) is 6.66. The topological polar surface area (TPSA) is 51.0 Å². The van der Waals surface area contributed by atoms with Gasteiger partial charge in [0.05, 0.1) is 6.04 Å². The van der Waals surface area contributed by atoms with Crippen molar-refractivity contribution in [2.24, 2.45) is 11.3 Å². The molecular formula is C14H25N3O. The largest absolute Gasteiger partial charge is 0.338 e. The van der Waals surface area contributed by atoms with Crippen molar-refractivity contribution in [1.29, 1.82) is 0 Å². The lowest BCUT2D eigenvalue weighted by molar-refractivity contribution is 0.238. The van der Waals surface area contributed by atoms with E-state index in [0.29, 0.717) is 11.3 Å². The van der Waals surface area contributed by atoms with Crippen LogP contribution in [0.5, 0.6) is 0 Å². The average Bonchev–Trinajstić information content (AvgIpc) is 2.75. The van der Waals surface area contributed by atoms with Crippen molar-refractivity contribution in [3.8, 4) is 0 Å². The van der Waals surface area contributed by atoms with Crippen molar-refractivity contribution in [2.45, 2.75) is 59.4 Å². The Morgan fingerprint density at radius 2 is 2.17 bits per heavy atom. The van der Waals surface area contributed by atoms with Crippen molar-refractivity contribution in [1.82, 2.24) is 15.5 Å². The van der Waals surface area contributed by atoms with Gasteiger partial charge in [-0.1, -0.05) is 32.9 Å². The van der Waals surface area contributed by atoms with Crippen molar-refractivity contribution in [2.75, 3.05) is 6.54 Å². The minimum absolute atomic E-state index is 0.245. The minimum atomic E-state index is 0.245. The highest BCUT2D eigenvalue weighted by Gasteiger charge is 2.27. The summed E-state index contributed by atoms with van der Waals surface area (Å²) < 4.78 is 5.42. The fourth-order valence-electron chi connectivity index (χ4n) is 2.36. The van der Waals surface area contributed by atoms with E-state index in [-0.39, 0.29) is 6.04 Å². The van der Waals surface area contributed by atoms with Crippen LogP contribution in [0.1, 0.15) is 64.7 Å². The zero-order valence-corrected chi connectivity index (χ0v) is 12.0. The van der Waals surface area contributed by atoms with Gasteiger partial charge in [0.2, 0.25) is 5.89 Å². The van der Waals surface area contributed by atoms with Gasteiger partial charge in [0.15, 0.2) is 5.82 Å². The van der Waals surface area contributed by atoms with Crippen LogP contribution < -0.4 is 5.32 Å². The van der Waals surface area contributed by atoms with Gasteiger partial charge in [0.25, 0.3) is 0 Å².